The molecule has 6 nitrogen and oxygen atoms in total. The molecule has 1 amide bonds. The Hall–Kier alpha value is -2.10. The van der Waals surface area contributed by atoms with Crippen LogP contribution >= 0.6 is 38.6 Å². The van der Waals surface area contributed by atoms with Gasteiger partial charge < -0.3 is 4.74 Å². The molecule has 2 aromatic heterocycles. The van der Waals surface area contributed by atoms with Gasteiger partial charge in [-0.3, -0.25) is 10.1 Å². The Balaban J connectivity index is 1.67. The minimum absolute atomic E-state index is 0.275. The molecule has 0 spiro atoms. The van der Waals surface area contributed by atoms with E-state index in [9.17, 15) is 4.79 Å². The fourth-order valence-corrected chi connectivity index (χ4v) is 3.65. The maximum absolute atomic E-state index is 12.2. The van der Waals surface area contributed by atoms with Crippen LogP contribution in [-0.2, 0) is 0 Å². The molecular formula is C15H11BrN4O2S2. The van der Waals surface area contributed by atoms with Gasteiger partial charge in [-0.05, 0) is 46.3 Å². The molecular weight excluding hydrogens is 412 g/mol. The van der Waals surface area contributed by atoms with Crippen LogP contribution in [-0.4, -0.2) is 29.4 Å². The van der Waals surface area contributed by atoms with E-state index in [0.29, 0.717) is 21.6 Å². The number of anilines is 1. The molecule has 0 aliphatic heterocycles. The van der Waals surface area contributed by atoms with Crippen LogP contribution in [0.1, 0.15) is 15.2 Å². The van der Waals surface area contributed by atoms with Gasteiger partial charge in [-0.25, -0.2) is 4.99 Å². The summed E-state index contributed by atoms with van der Waals surface area (Å²) in [4.78, 5) is 17.5. The van der Waals surface area contributed by atoms with Crippen molar-refractivity contribution in [3.63, 3.8) is 0 Å². The molecule has 1 N–H and O–H groups in total. The second-order valence-electron chi connectivity index (χ2n) is 4.48. The highest BCUT2D eigenvalue weighted by Gasteiger charge is 2.10. The summed E-state index contributed by atoms with van der Waals surface area (Å²) in [7, 11) is 1.55. The number of carbonyl (C=O) groups is 1. The lowest BCUT2D eigenvalue weighted by molar-refractivity contribution is 0.102. The minimum atomic E-state index is -0.275. The maximum Gasteiger partial charge on any atom is 0.257 e. The van der Waals surface area contributed by atoms with Crippen LogP contribution in [0.25, 0.3) is 0 Å². The Morgan fingerprint density at radius 3 is 2.92 bits per heavy atom. The molecule has 0 saturated heterocycles. The van der Waals surface area contributed by atoms with Crippen molar-refractivity contribution in [2.45, 2.75) is 0 Å². The normalized spacial score (nSPS) is 10.9. The highest BCUT2D eigenvalue weighted by Crippen LogP contribution is 2.25. The van der Waals surface area contributed by atoms with Crippen molar-refractivity contribution in [3.05, 3.63) is 50.6 Å². The number of nitrogens with zero attached hydrogens (tertiary/aromatic N) is 3. The lowest BCUT2D eigenvalue weighted by Gasteiger charge is -2.03. The number of amides is 1. The summed E-state index contributed by atoms with van der Waals surface area (Å²) >= 11 is 6.17. The Labute approximate surface area is 154 Å². The first-order chi connectivity index (χ1) is 11.6. The summed E-state index contributed by atoms with van der Waals surface area (Å²) in [6.45, 7) is 0. The van der Waals surface area contributed by atoms with Crippen molar-refractivity contribution in [2.75, 3.05) is 12.4 Å². The Bertz CT molecular complexity index is 891. The second kappa shape index (κ2) is 7.65. The van der Waals surface area contributed by atoms with E-state index < -0.39 is 0 Å². The third kappa shape index (κ3) is 4.25. The van der Waals surface area contributed by atoms with E-state index in [4.69, 9.17) is 4.74 Å². The van der Waals surface area contributed by atoms with Gasteiger partial charge in [0.2, 0.25) is 10.3 Å². The second-order valence-corrected chi connectivity index (χ2v) is 7.93. The van der Waals surface area contributed by atoms with Crippen LogP contribution in [0, 0.1) is 0 Å². The van der Waals surface area contributed by atoms with Gasteiger partial charge in [-0.15, -0.1) is 21.5 Å². The zero-order chi connectivity index (χ0) is 16.9. The van der Waals surface area contributed by atoms with Crippen molar-refractivity contribution in [2.24, 2.45) is 4.99 Å². The quantitative estimate of drug-likeness (QED) is 0.619. The monoisotopic (exact) mass is 422 g/mol. The third-order valence-electron chi connectivity index (χ3n) is 2.86. The van der Waals surface area contributed by atoms with Crippen molar-refractivity contribution >= 4 is 61.0 Å². The largest absolute Gasteiger partial charge is 0.497 e. The lowest BCUT2D eigenvalue weighted by Crippen LogP contribution is -2.11. The number of hydrogen-bond acceptors (Lipinski definition) is 7. The third-order valence-corrected chi connectivity index (χ3v) is 5.17. The lowest BCUT2D eigenvalue weighted by atomic mass is 10.2. The smallest absolute Gasteiger partial charge is 0.257 e. The number of hydrogen-bond donors (Lipinski definition) is 1. The molecule has 0 fully saturated rings. The van der Waals surface area contributed by atoms with Gasteiger partial charge in [0.15, 0.2) is 0 Å². The molecule has 0 bridgehead atoms. The number of carbonyl (C=O) groups excluding carboxylic acids is 1. The number of thiophene rings is 1. The molecule has 0 aliphatic carbocycles. The summed E-state index contributed by atoms with van der Waals surface area (Å²) < 4.78 is 6.14. The van der Waals surface area contributed by atoms with Crippen LogP contribution in [0.2, 0.25) is 0 Å². The van der Waals surface area contributed by atoms with Gasteiger partial charge in [0.1, 0.15) is 5.75 Å². The van der Waals surface area contributed by atoms with E-state index in [1.165, 1.54) is 11.3 Å². The minimum Gasteiger partial charge on any atom is -0.497 e. The summed E-state index contributed by atoms with van der Waals surface area (Å²) in [5, 5.41) is 11.4. The average molecular weight is 423 g/mol. The highest BCUT2D eigenvalue weighted by atomic mass is 79.9. The number of rotatable bonds is 5. The number of methoxy groups -OCH3 is 1. The number of aliphatic imine (C=N–C) groups is 1. The first kappa shape index (κ1) is 16.7. The maximum atomic E-state index is 12.2. The van der Waals surface area contributed by atoms with Crippen LogP contribution in [0.4, 0.5) is 10.3 Å². The zero-order valence-corrected chi connectivity index (χ0v) is 15.6. The molecule has 122 valence electrons. The first-order valence-electron chi connectivity index (χ1n) is 6.72. The van der Waals surface area contributed by atoms with Gasteiger partial charge in [0.25, 0.3) is 5.91 Å². The molecule has 0 unspecified atom stereocenters. The number of halogens is 1. The highest BCUT2D eigenvalue weighted by molar-refractivity contribution is 9.11. The predicted molar refractivity (Wildman–Crippen MR) is 100 cm³/mol. The number of nitrogens with one attached hydrogen (secondary N) is 1. The van der Waals surface area contributed by atoms with Gasteiger partial charge in [-0.1, -0.05) is 17.4 Å². The van der Waals surface area contributed by atoms with Gasteiger partial charge in [0.05, 0.1) is 10.9 Å². The van der Waals surface area contributed by atoms with E-state index >= 15 is 0 Å². The zero-order valence-electron chi connectivity index (χ0n) is 12.4. The fraction of sp³-hybridized carbons (Fsp3) is 0.0667. The molecule has 0 aliphatic rings. The predicted octanol–water partition coefficient (Wildman–Crippen LogP) is 4.37. The number of aromatic nitrogens is 2. The molecule has 1 aromatic carbocycles. The SMILES string of the molecule is COc1cccc(C(=O)Nc2nnc(/N=C/c3ccc(Br)s3)s2)c1. The van der Waals surface area contributed by atoms with Crippen LogP contribution in [0.3, 0.4) is 0 Å². The first-order valence-corrected chi connectivity index (χ1v) is 9.15. The van der Waals surface area contributed by atoms with Gasteiger partial charge in [0, 0.05) is 16.7 Å². The molecule has 0 saturated carbocycles. The summed E-state index contributed by atoms with van der Waals surface area (Å²) in [6.07, 6.45) is 1.71. The van der Waals surface area contributed by atoms with Crippen molar-refractivity contribution in [3.8, 4) is 5.75 Å². The van der Waals surface area contributed by atoms with Gasteiger partial charge in [-0.2, -0.15) is 0 Å². The average Bonchev–Trinajstić information content (AvgIpc) is 3.21. The van der Waals surface area contributed by atoms with Crippen LogP contribution in [0.5, 0.6) is 5.75 Å². The standard InChI is InChI=1S/C15H11BrN4O2S2/c1-22-10-4-2-3-9(7-10)13(21)18-15-20-19-14(24-15)17-8-11-5-6-12(16)23-11/h2-8H,1H3,(H,18,20,21)/b17-8+. The molecule has 2 heterocycles. The molecule has 24 heavy (non-hydrogen) atoms. The van der Waals surface area contributed by atoms with E-state index in [2.05, 4.69) is 36.4 Å². The summed E-state index contributed by atoms with van der Waals surface area (Å²) in [6, 6.07) is 10.8. The van der Waals surface area contributed by atoms with Crippen molar-refractivity contribution in [1.82, 2.24) is 10.2 Å². The number of ether oxygens (including phenoxy) is 1. The topological polar surface area (TPSA) is 76.5 Å². The molecule has 9 heteroatoms. The van der Waals surface area contributed by atoms with E-state index in [-0.39, 0.29) is 5.91 Å². The van der Waals surface area contributed by atoms with E-state index in [1.807, 2.05) is 12.1 Å². The van der Waals surface area contributed by atoms with E-state index in [1.54, 1.807) is 48.9 Å². The van der Waals surface area contributed by atoms with Crippen molar-refractivity contribution < 1.29 is 9.53 Å². The molecule has 0 atom stereocenters. The van der Waals surface area contributed by atoms with Crippen molar-refractivity contribution in [1.29, 1.82) is 0 Å². The van der Waals surface area contributed by atoms with Gasteiger partial charge >= 0.3 is 0 Å². The Morgan fingerprint density at radius 1 is 1.29 bits per heavy atom. The van der Waals surface area contributed by atoms with Crippen LogP contribution in [0.15, 0.2) is 45.2 Å². The Kier molecular flexibility index (Phi) is 5.34. The summed E-state index contributed by atoms with van der Waals surface area (Å²) in [5.41, 5.74) is 0.484. The molecule has 0 radical (unpaired) electrons. The van der Waals surface area contributed by atoms with E-state index in [0.717, 1.165) is 8.66 Å². The number of benzene rings is 1. The van der Waals surface area contributed by atoms with Crippen LogP contribution < -0.4 is 10.1 Å². The molecule has 3 aromatic rings. The molecule has 3 rings (SSSR count). The Morgan fingerprint density at radius 2 is 2.17 bits per heavy atom. The summed E-state index contributed by atoms with van der Waals surface area (Å²) in [5.74, 6) is 0.343. The fourth-order valence-electron chi connectivity index (χ4n) is 1.77.